The van der Waals surface area contributed by atoms with Gasteiger partial charge in [0.25, 0.3) is 0 Å². The Morgan fingerprint density at radius 3 is 1.95 bits per heavy atom. The van der Waals surface area contributed by atoms with Gasteiger partial charge >= 0.3 is 117 Å². The van der Waals surface area contributed by atoms with Crippen LogP contribution in [0.3, 0.4) is 0 Å². The molecule has 0 spiro atoms. The molecule has 0 unspecified atom stereocenters. The molecule has 0 fully saturated rings. The predicted octanol–water partition coefficient (Wildman–Crippen LogP) is 4.78. The average molecular weight is 282 g/mol. The van der Waals surface area contributed by atoms with Gasteiger partial charge < -0.3 is 0 Å². The summed E-state index contributed by atoms with van der Waals surface area (Å²) in [5, 5.41) is 0. The zero-order valence-electron chi connectivity index (χ0n) is 12.7. The fourth-order valence-corrected chi connectivity index (χ4v) is 7.29. The third-order valence-corrected chi connectivity index (χ3v) is 11.6. The number of hydrogen-bond acceptors (Lipinski definition) is 2. The molecule has 0 bridgehead atoms. The van der Waals surface area contributed by atoms with E-state index in [0.29, 0.717) is 5.56 Å². The quantitative estimate of drug-likeness (QED) is 0.673. The second kappa shape index (κ2) is 6.52. The van der Waals surface area contributed by atoms with Crippen LogP contribution >= 0.6 is 6.83 Å². The van der Waals surface area contributed by atoms with Crippen molar-refractivity contribution in [2.75, 3.05) is 24.6 Å². The normalized spacial score (nSPS) is 13.6. The zero-order valence-corrected chi connectivity index (χ0v) is 13.6. The van der Waals surface area contributed by atoms with Crippen LogP contribution in [0.4, 0.5) is 0 Å². The van der Waals surface area contributed by atoms with Crippen molar-refractivity contribution in [3.8, 4) is 0 Å². The van der Waals surface area contributed by atoms with Crippen LogP contribution in [-0.2, 0) is 4.52 Å². The Morgan fingerprint density at radius 1 is 1.00 bits per heavy atom. The van der Waals surface area contributed by atoms with Crippen LogP contribution in [0.1, 0.15) is 44.5 Å². The van der Waals surface area contributed by atoms with Crippen LogP contribution in [0.15, 0.2) is 30.3 Å². The van der Waals surface area contributed by atoms with Gasteiger partial charge in [0.2, 0.25) is 0 Å². The van der Waals surface area contributed by atoms with Gasteiger partial charge in [-0.15, -0.1) is 0 Å². The topological polar surface area (TPSA) is 26.3 Å². The summed E-state index contributed by atoms with van der Waals surface area (Å²) in [5.74, 6) is -0.141. The van der Waals surface area contributed by atoms with Gasteiger partial charge in [0.05, 0.1) is 0 Å². The van der Waals surface area contributed by atoms with Crippen molar-refractivity contribution in [2.45, 2.75) is 34.1 Å². The van der Waals surface area contributed by atoms with Crippen molar-refractivity contribution in [3.05, 3.63) is 35.9 Å². The van der Waals surface area contributed by atoms with E-state index < -0.39 is 6.83 Å². The molecule has 0 heterocycles. The molecule has 0 radical (unpaired) electrons. The summed E-state index contributed by atoms with van der Waals surface area (Å²) < 4.78 is 6.19. The van der Waals surface area contributed by atoms with E-state index >= 15 is 0 Å². The number of hydrogen-bond donors (Lipinski definition) is 0. The third-order valence-electron chi connectivity index (χ3n) is 4.54. The van der Waals surface area contributed by atoms with Crippen molar-refractivity contribution in [2.24, 2.45) is 0 Å². The van der Waals surface area contributed by atoms with Crippen LogP contribution in [-0.4, -0.2) is 30.6 Å². The summed E-state index contributed by atoms with van der Waals surface area (Å²) in [6, 6.07) is 9.36. The van der Waals surface area contributed by atoms with Gasteiger partial charge in [0.1, 0.15) is 0 Å². The summed E-state index contributed by atoms with van der Waals surface area (Å²) >= 11 is 0. The van der Waals surface area contributed by atoms with E-state index in [0.717, 1.165) is 31.1 Å². The van der Waals surface area contributed by atoms with E-state index in [1.807, 2.05) is 30.3 Å². The molecule has 0 aliphatic heterocycles. The number of rotatable bonds is 7. The van der Waals surface area contributed by atoms with Gasteiger partial charge in [-0.3, -0.25) is 0 Å². The Morgan fingerprint density at radius 2 is 1.53 bits per heavy atom. The Balaban J connectivity index is 3.05. The summed E-state index contributed by atoms with van der Waals surface area (Å²) in [7, 11) is 0. The van der Waals surface area contributed by atoms with Gasteiger partial charge in [-0.25, -0.2) is 0 Å². The number of carbonyl (C=O) groups is 1. The summed E-state index contributed by atoms with van der Waals surface area (Å²) in [6.07, 6.45) is 5.10. The van der Waals surface area contributed by atoms with E-state index in [1.54, 1.807) is 0 Å². The summed E-state index contributed by atoms with van der Waals surface area (Å²) in [5.41, 5.74) is 0.669. The molecule has 3 heteroatoms. The fourth-order valence-electron chi connectivity index (χ4n) is 2.81. The Labute approximate surface area is 117 Å². The summed E-state index contributed by atoms with van der Waals surface area (Å²) in [6.45, 7) is 6.37. The second-order valence-electron chi connectivity index (χ2n) is 5.28. The van der Waals surface area contributed by atoms with Gasteiger partial charge in [-0.05, 0) is 0 Å². The molecular formula is C16H27O2P. The molecule has 1 rings (SSSR count). The van der Waals surface area contributed by atoms with E-state index in [-0.39, 0.29) is 5.97 Å². The van der Waals surface area contributed by atoms with Crippen LogP contribution < -0.4 is 0 Å². The van der Waals surface area contributed by atoms with E-state index in [1.165, 1.54) is 0 Å². The fraction of sp³-hybridized carbons (Fsp3) is 0.562. The molecule has 0 aliphatic rings. The van der Waals surface area contributed by atoms with E-state index in [9.17, 15) is 4.79 Å². The summed E-state index contributed by atoms with van der Waals surface area (Å²) in [4.78, 5) is 12.4. The number of carbonyl (C=O) groups excluding carboxylic acids is 1. The van der Waals surface area contributed by atoms with Crippen molar-refractivity contribution in [3.63, 3.8) is 0 Å². The van der Waals surface area contributed by atoms with Gasteiger partial charge in [-0.1, -0.05) is 0 Å². The van der Waals surface area contributed by atoms with E-state index in [4.69, 9.17) is 4.52 Å². The van der Waals surface area contributed by atoms with Gasteiger partial charge in [0, 0.05) is 0 Å². The molecular weight excluding hydrogens is 255 g/mol. The number of benzene rings is 1. The molecule has 0 saturated heterocycles. The molecule has 1 aromatic rings. The molecule has 0 aliphatic carbocycles. The van der Waals surface area contributed by atoms with Crippen molar-refractivity contribution < 1.29 is 9.32 Å². The van der Waals surface area contributed by atoms with E-state index in [2.05, 4.69) is 27.7 Å². The first kappa shape index (κ1) is 16.2. The molecule has 19 heavy (non-hydrogen) atoms. The van der Waals surface area contributed by atoms with Gasteiger partial charge in [0.15, 0.2) is 0 Å². The van der Waals surface area contributed by atoms with Crippen LogP contribution in [0.2, 0.25) is 0 Å². The average Bonchev–Trinajstić information content (AvgIpc) is 2.48. The Kier molecular flexibility index (Phi) is 5.55. The van der Waals surface area contributed by atoms with Gasteiger partial charge in [-0.2, -0.15) is 0 Å². The van der Waals surface area contributed by atoms with Crippen molar-refractivity contribution in [1.82, 2.24) is 0 Å². The minimum atomic E-state index is -2.34. The molecule has 108 valence electrons. The standard InChI is InChI=1S/C16H27O2P/c1-5-14-19(6-2,7-3,8-4)18-16(17)15-12-10-9-11-13-15/h9-13H,5-8,14H2,1-4H3. The van der Waals surface area contributed by atoms with Crippen LogP contribution in [0, 0.1) is 0 Å². The zero-order chi connectivity index (χ0) is 14.4. The maximum absolute atomic E-state index is 12.4. The van der Waals surface area contributed by atoms with Crippen molar-refractivity contribution in [1.29, 1.82) is 0 Å². The Bertz CT molecular complexity index is 399. The van der Waals surface area contributed by atoms with Crippen molar-refractivity contribution >= 4 is 12.8 Å². The molecule has 2 nitrogen and oxygen atoms in total. The predicted molar refractivity (Wildman–Crippen MR) is 85.6 cm³/mol. The SMILES string of the molecule is CCCP(CC)(CC)(CC)OC(=O)c1ccccc1. The molecule has 0 aromatic heterocycles. The van der Waals surface area contributed by atoms with Crippen LogP contribution in [0.5, 0.6) is 0 Å². The monoisotopic (exact) mass is 282 g/mol. The molecule has 0 N–H and O–H groups in total. The first-order chi connectivity index (χ1) is 9.04. The molecule has 0 saturated carbocycles. The molecule has 0 amide bonds. The van der Waals surface area contributed by atoms with Crippen LogP contribution in [0.25, 0.3) is 0 Å². The Hall–Kier alpha value is -0.880. The first-order valence-corrected chi connectivity index (χ1v) is 10.2. The first-order valence-electron chi connectivity index (χ1n) is 7.34. The maximum atomic E-state index is 12.4. The third kappa shape index (κ3) is 3.36. The second-order valence-corrected chi connectivity index (χ2v) is 11.5. The minimum absolute atomic E-state index is 0.141. The molecule has 1 aromatic carbocycles. The molecule has 0 atom stereocenters.